The van der Waals surface area contributed by atoms with Crippen molar-refractivity contribution >= 4 is 27.5 Å². The molecule has 8 aromatic carbocycles. The zero-order valence-electron chi connectivity index (χ0n) is 31.6. The molecule has 11 aromatic rings. The number of hydrogen-bond donors (Lipinski definition) is 0. The van der Waals surface area contributed by atoms with Gasteiger partial charge in [-0.05, 0) is 98.8 Å². The molecule has 0 bridgehead atoms. The van der Waals surface area contributed by atoms with Gasteiger partial charge in [0.15, 0.2) is 0 Å². The van der Waals surface area contributed by atoms with Gasteiger partial charge in [0.1, 0.15) is 11.5 Å². The summed E-state index contributed by atoms with van der Waals surface area (Å²) < 4.78 is 4.47. The van der Waals surface area contributed by atoms with E-state index >= 15 is 0 Å². The number of nitrogens with zero attached hydrogens (tertiary/aromatic N) is 4. The Balaban J connectivity index is 1.09. The minimum Gasteiger partial charge on any atom is -0.299 e. The lowest BCUT2D eigenvalue weighted by molar-refractivity contribution is 1.10. The topological polar surface area (TPSA) is 35.1 Å². The standard InChI is InChI=1S/C54H36N4/c1-4-16-39(17-5-1)52-53(57-32-13-12-25-51(57)56-52)40-28-26-37(27-29-40)43-33-44(35-45(34-43)48-24-14-20-38-15-10-11-23-47(38)48)42-30-31-49-50(36-42)58(46-21-8-3-9-22-46)54(55-49)41-18-6-2-7-19-41/h1-36H. The average molecular weight is 741 g/mol. The molecule has 0 atom stereocenters. The van der Waals surface area contributed by atoms with E-state index in [-0.39, 0.29) is 0 Å². The first-order valence-corrected chi connectivity index (χ1v) is 19.7. The molecule has 0 saturated carbocycles. The van der Waals surface area contributed by atoms with Gasteiger partial charge in [-0.1, -0.05) is 158 Å². The lowest BCUT2D eigenvalue weighted by Gasteiger charge is -2.14. The summed E-state index contributed by atoms with van der Waals surface area (Å²) in [6.07, 6.45) is 2.10. The van der Waals surface area contributed by atoms with Gasteiger partial charge in [0.2, 0.25) is 0 Å². The highest BCUT2D eigenvalue weighted by Gasteiger charge is 2.18. The van der Waals surface area contributed by atoms with Crippen molar-refractivity contribution < 1.29 is 0 Å². The summed E-state index contributed by atoms with van der Waals surface area (Å²) in [4.78, 5) is 10.3. The van der Waals surface area contributed by atoms with Crippen LogP contribution in [0.4, 0.5) is 0 Å². The Labute approximate surface area is 336 Å². The Hall–Kier alpha value is -7.82. The molecule has 272 valence electrons. The van der Waals surface area contributed by atoms with Crippen LogP contribution in [0.25, 0.3) is 100 Å². The van der Waals surface area contributed by atoms with Crippen molar-refractivity contribution in [2.24, 2.45) is 0 Å². The highest BCUT2D eigenvalue weighted by Crippen LogP contribution is 2.39. The molecule has 4 nitrogen and oxygen atoms in total. The molecule has 0 fully saturated rings. The normalized spacial score (nSPS) is 11.4. The number of aromatic nitrogens is 4. The van der Waals surface area contributed by atoms with Crippen molar-refractivity contribution in [3.8, 4) is 73.0 Å². The fraction of sp³-hybridized carbons (Fsp3) is 0. The number of rotatable bonds is 7. The van der Waals surface area contributed by atoms with Crippen LogP contribution in [-0.2, 0) is 0 Å². The van der Waals surface area contributed by atoms with Gasteiger partial charge in [-0.2, -0.15) is 0 Å². The van der Waals surface area contributed by atoms with E-state index in [0.717, 1.165) is 78.5 Å². The van der Waals surface area contributed by atoms with Gasteiger partial charge in [-0.25, -0.2) is 9.97 Å². The number of benzene rings is 8. The van der Waals surface area contributed by atoms with Crippen LogP contribution in [0.3, 0.4) is 0 Å². The number of hydrogen-bond acceptors (Lipinski definition) is 2. The van der Waals surface area contributed by atoms with E-state index in [1.54, 1.807) is 0 Å². The van der Waals surface area contributed by atoms with Gasteiger partial charge in [0.25, 0.3) is 0 Å². The summed E-state index contributed by atoms with van der Waals surface area (Å²) in [5.41, 5.74) is 16.3. The highest BCUT2D eigenvalue weighted by molar-refractivity contribution is 5.99. The van der Waals surface area contributed by atoms with Crippen LogP contribution in [0.2, 0.25) is 0 Å². The van der Waals surface area contributed by atoms with Crippen LogP contribution in [0, 0.1) is 0 Å². The highest BCUT2D eigenvalue weighted by atomic mass is 15.1. The molecule has 0 aliphatic heterocycles. The Kier molecular flexibility index (Phi) is 8.11. The fourth-order valence-electron chi connectivity index (χ4n) is 8.36. The number of imidazole rings is 2. The van der Waals surface area contributed by atoms with Crippen molar-refractivity contribution in [3.63, 3.8) is 0 Å². The van der Waals surface area contributed by atoms with E-state index in [1.165, 1.54) is 21.9 Å². The molecule has 11 rings (SSSR count). The van der Waals surface area contributed by atoms with E-state index in [2.05, 4.69) is 209 Å². The largest absolute Gasteiger partial charge is 0.299 e. The predicted octanol–water partition coefficient (Wildman–Crippen LogP) is 13.8. The molecule has 4 heteroatoms. The summed E-state index contributed by atoms with van der Waals surface area (Å²) in [6, 6.07) is 75.5. The Bertz CT molecular complexity index is 3250. The summed E-state index contributed by atoms with van der Waals surface area (Å²) in [5.74, 6) is 0.922. The maximum absolute atomic E-state index is 5.19. The smallest absolute Gasteiger partial charge is 0.145 e. The molecule has 58 heavy (non-hydrogen) atoms. The Morgan fingerprint density at radius 1 is 0.379 bits per heavy atom. The molecule has 0 amide bonds. The molecule has 0 aliphatic carbocycles. The van der Waals surface area contributed by atoms with Crippen LogP contribution in [-0.4, -0.2) is 18.9 Å². The Morgan fingerprint density at radius 3 is 1.79 bits per heavy atom. The number of pyridine rings is 1. The molecule has 0 aliphatic rings. The molecule has 3 heterocycles. The zero-order chi connectivity index (χ0) is 38.4. The van der Waals surface area contributed by atoms with Crippen LogP contribution in [0.5, 0.6) is 0 Å². The maximum atomic E-state index is 5.19. The van der Waals surface area contributed by atoms with E-state index in [4.69, 9.17) is 9.97 Å². The van der Waals surface area contributed by atoms with Crippen LogP contribution >= 0.6 is 0 Å². The summed E-state index contributed by atoms with van der Waals surface area (Å²) >= 11 is 0. The van der Waals surface area contributed by atoms with Gasteiger partial charge in [-0.15, -0.1) is 0 Å². The molecule has 0 radical (unpaired) electrons. The summed E-state index contributed by atoms with van der Waals surface area (Å²) in [5, 5.41) is 2.45. The third-order valence-corrected chi connectivity index (χ3v) is 11.1. The van der Waals surface area contributed by atoms with E-state index < -0.39 is 0 Å². The molecular formula is C54H36N4. The number of para-hydroxylation sites is 1. The zero-order valence-corrected chi connectivity index (χ0v) is 31.6. The molecule has 0 saturated heterocycles. The minimum absolute atomic E-state index is 0.922. The van der Waals surface area contributed by atoms with Gasteiger partial charge in [-0.3, -0.25) is 8.97 Å². The second-order valence-corrected chi connectivity index (χ2v) is 14.7. The van der Waals surface area contributed by atoms with Gasteiger partial charge < -0.3 is 0 Å². The van der Waals surface area contributed by atoms with Crippen LogP contribution in [0.1, 0.15) is 0 Å². The van der Waals surface area contributed by atoms with E-state index in [1.807, 2.05) is 18.2 Å². The SMILES string of the molecule is c1ccc(-c2nc3ccccn3c2-c2ccc(-c3cc(-c4ccc5nc(-c6ccccc6)n(-c6ccccc6)c5c4)cc(-c4cccc5ccccc45)c3)cc2)cc1. The monoisotopic (exact) mass is 740 g/mol. The third kappa shape index (κ3) is 5.87. The van der Waals surface area contributed by atoms with Gasteiger partial charge in [0.05, 0.1) is 22.4 Å². The van der Waals surface area contributed by atoms with E-state index in [9.17, 15) is 0 Å². The first kappa shape index (κ1) is 33.5. The van der Waals surface area contributed by atoms with E-state index in [0.29, 0.717) is 0 Å². The van der Waals surface area contributed by atoms with Gasteiger partial charge in [0, 0.05) is 28.6 Å². The average Bonchev–Trinajstić information content (AvgIpc) is 3.89. The second-order valence-electron chi connectivity index (χ2n) is 14.7. The molecular weight excluding hydrogens is 705 g/mol. The second kappa shape index (κ2) is 14.0. The van der Waals surface area contributed by atoms with Crippen LogP contribution < -0.4 is 0 Å². The van der Waals surface area contributed by atoms with Crippen molar-refractivity contribution in [2.75, 3.05) is 0 Å². The Morgan fingerprint density at radius 2 is 1.00 bits per heavy atom. The minimum atomic E-state index is 0.922. The first-order valence-electron chi connectivity index (χ1n) is 19.7. The summed E-state index contributed by atoms with van der Waals surface area (Å²) in [7, 11) is 0. The van der Waals surface area contributed by atoms with Crippen molar-refractivity contribution in [1.29, 1.82) is 0 Å². The maximum Gasteiger partial charge on any atom is 0.145 e. The number of fused-ring (bicyclic) bond motifs is 3. The fourth-order valence-corrected chi connectivity index (χ4v) is 8.36. The quantitative estimate of drug-likeness (QED) is 0.163. The lowest BCUT2D eigenvalue weighted by Crippen LogP contribution is -1.97. The molecule has 0 unspecified atom stereocenters. The molecule has 3 aromatic heterocycles. The van der Waals surface area contributed by atoms with Crippen LogP contribution in [0.15, 0.2) is 219 Å². The molecule has 0 spiro atoms. The van der Waals surface area contributed by atoms with Crippen molar-refractivity contribution in [3.05, 3.63) is 219 Å². The first-order chi connectivity index (χ1) is 28.7. The molecule has 0 N–H and O–H groups in total. The lowest BCUT2D eigenvalue weighted by atomic mass is 9.91. The predicted molar refractivity (Wildman–Crippen MR) is 240 cm³/mol. The van der Waals surface area contributed by atoms with Crippen molar-refractivity contribution in [1.82, 2.24) is 18.9 Å². The third-order valence-electron chi connectivity index (χ3n) is 11.1. The van der Waals surface area contributed by atoms with Crippen molar-refractivity contribution in [2.45, 2.75) is 0 Å². The van der Waals surface area contributed by atoms with Gasteiger partial charge >= 0.3 is 0 Å². The summed E-state index contributed by atoms with van der Waals surface area (Å²) in [6.45, 7) is 0.